The molecule has 0 radical (unpaired) electrons. The molecule has 0 aliphatic carbocycles. The molecule has 0 aromatic heterocycles. The van der Waals surface area contributed by atoms with E-state index in [1.54, 1.807) is 0 Å². The summed E-state index contributed by atoms with van der Waals surface area (Å²) in [6.45, 7) is 2.06. The van der Waals surface area contributed by atoms with E-state index in [0.29, 0.717) is 5.56 Å². The molecule has 0 saturated carbocycles. The number of carbonyl (C=O) groups is 1. The van der Waals surface area contributed by atoms with Gasteiger partial charge in [0.25, 0.3) is 5.91 Å². The molecule has 3 heteroatoms. The molecule has 0 aliphatic rings. The number of halogens is 1. The number of amides is 1. The standard InChI is InChI=1S/C21H18BrNO/c1-15-7-9-17(10-8-15)20(16-5-3-2-4-6-16)23-21(24)18-11-13-19(22)14-12-18/h2-14,20H,1H3,(H,23,24). The maximum Gasteiger partial charge on any atom is 0.252 e. The fourth-order valence-electron chi connectivity index (χ4n) is 2.58. The number of nitrogens with one attached hydrogen (secondary N) is 1. The predicted octanol–water partition coefficient (Wildman–Crippen LogP) is 5.28. The summed E-state index contributed by atoms with van der Waals surface area (Å²) in [5.74, 6) is -0.0862. The van der Waals surface area contributed by atoms with Gasteiger partial charge in [0.1, 0.15) is 0 Å². The lowest BCUT2D eigenvalue weighted by Crippen LogP contribution is -2.29. The van der Waals surface area contributed by atoms with Crippen molar-refractivity contribution in [3.05, 3.63) is 106 Å². The van der Waals surface area contributed by atoms with Gasteiger partial charge in [-0.2, -0.15) is 0 Å². The quantitative estimate of drug-likeness (QED) is 0.656. The second kappa shape index (κ2) is 7.45. The van der Waals surface area contributed by atoms with Crippen LogP contribution in [0.25, 0.3) is 0 Å². The van der Waals surface area contributed by atoms with Crippen molar-refractivity contribution in [3.8, 4) is 0 Å². The topological polar surface area (TPSA) is 29.1 Å². The second-order valence-electron chi connectivity index (χ2n) is 5.73. The van der Waals surface area contributed by atoms with E-state index in [4.69, 9.17) is 0 Å². The molecule has 0 heterocycles. The lowest BCUT2D eigenvalue weighted by Gasteiger charge is -2.20. The minimum Gasteiger partial charge on any atom is -0.341 e. The first kappa shape index (κ1) is 16.5. The van der Waals surface area contributed by atoms with Gasteiger partial charge in [-0.05, 0) is 42.3 Å². The third kappa shape index (κ3) is 3.92. The first-order valence-corrected chi connectivity index (χ1v) is 8.61. The van der Waals surface area contributed by atoms with Crippen molar-refractivity contribution in [3.63, 3.8) is 0 Å². The molecular formula is C21H18BrNO. The molecule has 120 valence electrons. The van der Waals surface area contributed by atoms with Gasteiger partial charge < -0.3 is 5.32 Å². The highest BCUT2D eigenvalue weighted by molar-refractivity contribution is 9.10. The number of rotatable bonds is 4. The van der Waals surface area contributed by atoms with Crippen LogP contribution in [0.15, 0.2) is 83.3 Å². The van der Waals surface area contributed by atoms with E-state index in [1.807, 2.05) is 54.6 Å². The SMILES string of the molecule is Cc1ccc(C(NC(=O)c2ccc(Br)cc2)c2ccccc2)cc1. The molecule has 0 bridgehead atoms. The van der Waals surface area contributed by atoms with Gasteiger partial charge >= 0.3 is 0 Å². The van der Waals surface area contributed by atoms with Crippen LogP contribution in [0.1, 0.15) is 33.1 Å². The van der Waals surface area contributed by atoms with Crippen LogP contribution >= 0.6 is 15.9 Å². The Hall–Kier alpha value is -2.39. The smallest absolute Gasteiger partial charge is 0.252 e. The lowest BCUT2D eigenvalue weighted by atomic mass is 9.97. The molecule has 24 heavy (non-hydrogen) atoms. The number of aryl methyl sites for hydroxylation is 1. The summed E-state index contributed by atoms with van der Waals surface area (Å²) in [7, 11) is 0. The highest BCUT2D eigenvalue weighted by atomic mass is 79.9. The lowest BCUT2D eigenvalue weighted by molar-refractivity contribution is 0.0943. The first-order valence-electron chi connectivity index (χ1n) is 7.81. The van der Waals surface area contributed by atoms with Gasteiger partial charge in [0.15, 0.2) is 0 Å². The normalized spacial score (nSPS) is 11.8. The van der Waals surface area contributed by atoms with Crippen molar-refractivity contribution in [2.75, 3.05) is 0 Å². The summed E-state index contributed by atoms with van der Waals surface area (Å²) in [6.07, 6.45) is 0. The number of carbonyl (C=O) groups excluding carboxylic acids is 1. The molecule has 3 aromatic rings. The van der Waals surface area contributed by atoms with Crippen molar-refractivity contribution in [1.29, 1.82) is 0 Å². The van der Waals surface area contributed by atoms with Gasteiger partial charge in [0.05, 0.1) is 6.04 Å². The minimum absolute atomic E-state index is 0.0862. The largest absolute Gasteiger partial charge is 0.341 e. The average Bonchev–Trinajstić information content (AvgIpc) is 2.62. The Labute approximate surface area is 150 Å². The van der Waals surface area contributed by atoms with Crippen molar-refractivity contribution in [2.24, 2.45) is 0 Å². The summed E-state index contributed by atoms with van der Waals surface area (Å²) in [5, 5.41) is 3.15. The zero-order chi connectivity index (χ0) is 16.9. The van der Waals surface area contributed by atoms with Crippen molar-refractivity contribution in [1.82, 2.24) is 5.32 Å². The third-order valence-corrected chi connectivity index (χ3v) is 4.45. The Balaban J connectivity index is 1.91. The van der Waals surface area contributed by atoms with E-state index in [-0.39, 0.29) is 11.9 Å². The van der Waals surface area contributed by atoms with E-state index < -0.39 is 0 Å². The van der Waals surface area contributed by atoms with E-state index in [2.05, 4.69) is 52.4 Å². The number of benzene rings is 3. The van der Waals surface area contributed by atoms with Crippen LogP contribution in [0.2, 0.25) is 0 Å². The molecule has 0 aliphatic heterocycles. The fourth-order valence-corrected chi connectivity index (χ4v) is 2.84. The van der Waals surface area contributed by atoms with Crippen LogP contribution < -0.4 is 5.32 Å². The van der Waals surface area contributed by atoms with E-state index in [9.17, 15) is 4.79 Å². The zero-order valence-corrected chi connectivity index (χ0v) is 15.0. The Kier molecular flexibility index (Phi) is 5.11. The van der Waals surface area contributed by atoms with Crippen LogP contribution in [0.5, 0.6) is 0 Å². The summed E-state index contributed by atoms with van der Waals surface area (Å²) >= 11 is 3.39. The highest BCUT2D eigenvalue weighted by Gasteiger charge is 2.17. The highest BCUT2D eigenvalue weighted by Crippen LogP contribution is 2.23. The Bertz CT molecular complexity index is 811. The van der Waals surface area contributed by atoms with Gasteiger partial charge in [-0.1, -0.05) is 76.1 Å². The summed E-state index contributed by atoms with van der Waals surface area (Å²) < 4.78 is 0.956. The van der Waals surface area contributed by atoms with Gasteiger partial charge in [-0.3, -0.25) is 4.79 Å². The molecule has 0 fully saturated rings. The molecule has 3 aromatic carbocycles. The van der Waals surface area contributed by atoms with Gasteiger partial charge in [0, 0.05) is 10.0 Å². The fraction of sp³-hybridized carbons (Fsp3) is 0.0952. The van der Waals surface area contributed by atoms with Crippen molar-refractivity contribution in [2.45, 2.75) is 13.0 Å². The Morgan fingerprint density at radius 2 is 1.42 bits per heavy atom. The molecular weight excluding hydrogens is 362 g/mol. The molecule has 1 atom stereocenters. The van der Waals surface area contributed by atoms with Crippen LogP contribution in [-0.4, -0.2) is 5.91 Å². The molecule has 1 N–H and O–H groups in total. The van der Waals surface area contributed by atoms with E-state index in [0.717, 1.165) is 15.6 Å². The predicted molar refractivity (Wildman–Crippen MR) is 101 cm³/mol. The summed E-state index contributed by atoms with van der Waals surface area (Å²) in [5.41, 5.74) is 3.97. The summed E-state index contributed by atoms with van der Waals surface area (Å²) in [6, 6.07) is 25.5. The van der Waals surface area contributed by atoms with Gasteiger partial charge in [-0.25, -0.2) is 0 Å². The monoisotopic (exact) mass is 379 g/mol. The maximum atomic E-state index is 12.7. The summed E-state index contributed by atoms with van der Waals surface area (Å²) in [4.78, 5) is 12.7. The molecule has 0 saturated heterocycles. The molecule has 2 nitrogen and oxygen atoms in total. The van der Waals surface area contributed by atoms with Crippen molar-refractivity contribution < 1.29 is 4.79 Å². The van der Waals surface area contributed by atoms with Gasteiger partial charge in [-0.15, -0.1) is 0 Å². The molecule has 1 amide bonds. The van der Waals surface area contributed by atoms with Crippen molar-refractivity contribution >= 4 is 21.8 Å². The van der Waals surface area contributed by atoms with Crippen LogP contribution in [-0.2, 0) is 0 Å². The Morgan fingerprint density at radius 1 is 0.833 bits per heavy atom. The average molecular weight is 380 g/mol. The molecule has 0 spiro atoms. The second-order valence-corrected chi connectivity index (χ2v) is 6.65. The van der Waals surface area contributed by atoms with Crippen LogP contribution in [0, 0.1) is 6.92 Å². The third-order valence-electron chi connectivity index (χ3n) is 3.93. The molecule has 1 unspecified atom stereocenters. The number of hydrogen-bond acceptors (Lipinski definition) is 1. The van der Waals surface area contributed by atoms with Gasteiger partial charge in [0.2, 0.25) is 0 Å². The van der Waals surface area contributed by atoms with Crippen LogP contribution in [0.3, 0.4) is 0 Å². The molecule has 3 rings (SSSR count). The minimum atomic E-state index is -0.178. The van der Waals surface area contributed by atoms with E-state index in [1.165, 1.54) is 5.56 Å². The van der Waals surface area contributed by atoms with E-state index >= 15 is 0 Å². The number of hydrogen-bond donors (Lipinski definition) is 1. The first-order chi connectivity index (χ1) is 11.6. The zero-order valence-electron chi connectivity index (χ0n) is 13.4. The Morgan fingerprint density at radius 3 is 2.04 bits per heavy atom. The maximum absolute atomic E-state index is 12.7. The van der Waals surface area contributed by atoms with Crippen LogP contribution in [0.4, 0.5) is 0 Å².